The van der Waals surface area contributed by atoms with Crippen LogP contribution >= 0.6 is 11.6 Å². The minimum absolute atomic E-state index is 0.315. The minimum Gasteiger partial charge on any atom is -0.506 e. The monoisotopic (exact) mass is 296 g/mol. The number of nitrogens with zero attached hydrogens (tertiary/aromatic N) is 1. The van der Waals surface area contributed by atoms with Gasteiger partial charge in [0.2, 0.25) is 0 Å². The van der Waals surface area contributed by atoms with Gasteiger partial charge in [-0.1, -0.05) is 35.9 Å². The number of aromatic nitrogens is 2. The Kier molecular flexibility index (Phi) is 3.75. The quantitative estimate of drug-likeness (QED) is 0.491. The highest BCUT2D eigenvalue weighted by molar-refractivity contribution is 6.31. The smallest absolute Gasteiger partial charge is 0.140 e. The molecule has 2 aromatic heterocycles. The van der Waals surface area contributed by atoms with Gasteiger partial charge in [0.15, 0.2) is 0 Å². The average molecular weight is 297 g/mol. The second-order valence-electron chi connectivity index (χ2n) is 4.56. The van der Waals surface area contributed by atoms with E-state index in [1.165, 1.54) is 0 Å². The van der Waals surface area contributed by atoms with Gasteiger partial charge < -0.3 is 10.1 Å². The summed E-state index contributed by atoms with van der Waals surface area (Å²) in [5.74, 6) is 0.315. The van der Waals surface area contributed by atoms with Crippen LogP contribution in [0.1, 0.15) is 0 Å². The molecule has 0 fully saturated rings. The maximum atomic E-state index is 9.18. The number of halogens is 1. The highest BCUT2D eigenvalue weighted by Gasteiger charge is 1.97. The van der Waals surface area contributed by atoms with E-state index in [1.807, 2.05) is 54.6 Å². The molecule has 4 aromatic rings. The van der Waals surface area contributed by atoms with Crippen molar-refractivity contribution >= 4 is 33.4 Å². The number of H-pyrrole nitrogens is 1. The van der Waals surface area contributed by atoms with Crippen molar-refractivity contribution in [3.8, 4) is 5.75 Å². The molecule has 0 amide bonds. The molecule has 104 valence electrons. The predicted octanol–water partition coefficient (Wildman–Crippen LogP) is 4.76. The first-order valence-corrected chi connectivity index (χ1v) is 6.87. The van der Waals surface area contributed by atoms with Crippen molar-refractivity contribution in [1.82, 2.24) is 9.97 Å². The van der Waals surface area contributed by atoms with Gasteiger partial charge in [-0.05, 0) is 30.3 Å². The van der Waals surface area contributed by atoms with Crippen molar-refractivity contribution in [1.29, 1.82) is 0 Å². The molecular formula is C17H13ClN2O. The zero-order valence-corrected chi connectivity index (χ0v) is 11.9. The van der Waals surface area contributed by atoms with E-state index in [4.69, 9.17) is 11.6 Å². The van der Waals surface area contributed by atoms with Crippen molar-refractivity contribution in [3.05, 3.63) is 72.0 Å². The second-order valence-corrected chi connectivity index (χ2v) is 5.00. The Morgan fingerprint density at radius 3 is 2.71 bits per heavy atom. The lowest BCUT2D eigenvalue weighted by molar-refractivity contribution is 0.481. The van der Waals surface area contributed by atoms with E-state index in [0.717, 1.165) is 26.8 Å². The molecule has 0 saturated carbocycles. The Hall–Kier alpha value is -2.52. The Morgan fingerprint density at radius 2 is 1.86 bits per heavy atom. The van der Waals surface area contributed by atoms with Crippen LogP contribution in [0.2, 0.25) is 5.02 Å². The molecule has 3 nitrogen and oxygen atoms in total. The Bertz CT molecular complexity index is 886. The number of hydrogen-bond donors (Lipinski definition) is 2. The van der Waals surface area contributed by atoms with Gasteiger partial charge in [-0.3, -0.25) is 4.98 Å². The summed E-state index contributed by atoms with van der Waals surface area (Å²) in [4.78, 5) is 7.10. The molecule has 4 heteroatoms. The molecule has 0 spiro atoms. The molecule has 0 unspecified atom stereocenters. The Morgan fingerprint density at radius 1 is 1.00 bits per heavy atom. The van der Waals surface area contributed by atoms with Gasteiger partial charge in [0.25, 0.3) is 0 Å². The van der Waals surface area contributed by atoms with Crippen molar-refractivity contribution in [2.75, 3.05) is 0 Å². The van der Waals surface area contributed by atoms with Crippen LogP contribution < -0.4 is 0 Å². The molecule has 0 saturated heterocycles. The first kappa shape index (κ1) is 13.5. The second kappa shape index (κ2) is 5.85. The highest BCUT2D eigenvalue weighted by atomic mass is 35.5. The third kappa shape index (κ3) is 2.98. The summed E-state index contributed by atoms with van der Waals surface area (Å²) in [5, 5.41) is 11.9. The lowest BCUT2D eigenvalue weighted by Crippen LogP contribution is -1.75. The lowest BCUT2D eigenvalue weighted by atomic mass is 10.2. The highest BCUT2D eigenvalue weighted by Crippen LogP contribution is 2.22. The van der Waals surface area contributed by atoms with Crippen LogP contribution in [0.15, 0.2) is 67.0 Å². The maximum absolute atomic E-state index is 9.18. The molecule has 2 aromatic carbocycles. The number of hydrogen-bond acceptors (Lipinski definition) is 2. The van der Waals surface area contributed by atoms with Crippen LogP contribution in [0, 0.1) is 0 Å². The summed E-state index contributed by atoms with van der Waals surface area (Å²) in [6.07, 6.45) is 3.35. The van der Waals surface area contributed by atoms with E-state index < -0.39 is 0 Å². The number of rotatable bonds is 0. The van der Waals surface area contributed by atoms with Crippen LogP contribution in [0.25, 0.3) is 21.8 Å². The van der Waals surface area contributed by atoms with Crippen LogP contribution in [0.3, 0.4) is 0 Å². The average Bonchev–Trinajstić information content (AvgIpc) is 2.90. The number of para-hydroxylation sites is 1. The van der Waals surface area contributed by atoms with E-state index in [0.29, 0.717) is 5.75 Å². The van der Waals surface area contributed by atoms with Gasteiger partial charge in [0, 0.05) is 33.7 Å². The summed E-state index contributed by atoms with van der Waals surface area (Å²) in [5.41, 5.74) is 1.92. The van der Waals surface area contributed by atoms with Crippen molar-refractivity contribution in [2.45, 2.75) is 0 Å². The standard InChI is InChI=1S/C9H6ClN.C8H7NO/c10-8-4-3-7-2-1-5-11-9(7)6-8;10-8-5-9-7-4-2-1-3-6(7)8/h1-6H;1-5,9-10H. The van der Waals surface area contributed by atoms with Crippen molar-refractivity contribution < 1.29 is 5.11 Å². The Labute approximate surface area is 126 Å². The van der Waals surface area contributed by atoms with Gasteiger partial charge in [0.05, 0.1) is 5.52 Å². The fourth-order valence-corrected chi connectivity index (χ4v) is 2.26. The predicted molar refractivity (Wildman–Crippen MR) is 86.7 cm³/mol. The fraction of sp³-hybridized carbons (Fsp3) is 0. The molecular weight excluding hydrogens is 284 g/mol. The normalized spacial score (nSPS) is 10.3. The van der Waals surface area contributed by atoms with Crippen LogP contribution in [-0.4, -0.2) is 15.1 Å². The minimum atomic E-state index is 0.315. The molecule has 4 rings (SSSR count). The zero-order chi connectivity index (χ0) is 14.7. The molecule has 2 heterocycles. The Balaban J connectivity index is 0.000000126. The molecule has 0 aliphatic rings. The summed E-state index contributed by atoms with van der Waals surface area (Å²) < 4.78 is 0. The summed E-state index contributed by atoms with van der Waals surface area (Å²) in [6.45, 7) is 0. The molecule has 0 atom stereocenters. The fourth-order valence-electron chi connectivity index (χ4n) is 2.10. The number of benzene rings is 2. The topological polar surface area (TPSA) is 48.9 Å². The number of nitrogens with one attached hydrogen (secondary N) is 1. The van der Waals surface area contributed by atoms with Gasteiger partial charge in [0.1, 0.15) is 5.75 Å². The molecule has 0 bridgehead atoms. The van der Waals surface area contributed by atoms with E-state index >= 15 is 0 Å². The van der Waals surface area contributed by atoms with E-state index in [2.05, 4.69) is 9.97 Å². The summed E-state index contributed by atoms with van der Waals surface area (Å²) in [7, 11) is 0. The maximum Gasteiger partial charge on any atom is 0.140 e. The number of aromatic amines is 1. The van der Waals surface area contributed by atoms with Gasteiger partial charge in [-0.2, -0.15) is 0 Å². The molecule has 2 N–H and O–H groups in total. The van der Waals surface area contributed by atoms with Crippen molar-refractivity contribution in [3.63, 3.8) is 0 Å². The SMILES string of the molecule is Clc1ccc2cccnc2c1.Oc1c[nH]c2ccccc12. The first-order valence-electron chi connectivity index (χ1n) is 6.49. The molecule has 21 heavy (non-hydrogen) atoms. The molecule has 0 aliphatic carbocycles. The number of aromatic hydroxyl groups is 1. The summed E-state index contributed by atoms with van der Waals surface area (Å²) in [6, 6.07) is 17.2. The molecule has 0 radical (unpaired) electrons. The van der Waals surface area contributed by atoms with E-state index in [9.17, 15) is 5.11 Å². The van der Waals surface area contributed by atoms with E-state index in [-0.39, 0.29) is 0 Å². The third-order valence-electron chi connectivity index (χ3n) is 3.14. The zero-order valence-electron chi connectivity index (χ0n) is 11.1. The number of pyridine rings is 1. The van der Waals surface area contributed by atoms with Crippen LogP contribution in [-0.2, 0) is 0 Å². The first-order chi connectivity index (χ1) is 10.2. The van der Waals surface area contributed by atoms with Crippen LogP contribution in [0.4, 0.5) is 0 Å². The third-order valence-corrected chi connectivity index (χ3v) is 3.37. The summed E-state index contributed by atoms with van der Waals surface area (Å²) >= 11 is 5.78. The number of fused-ring (bicyclic) bond motifs is 2. The van der Waals surface area contributed by atoms with Crippen molar-refractivity contribution in [2.24, 2.45) is 0 Å². The largest absolute Gasteiger partial charge is 0.506 e. The van der Waals surface area contributed by atoms with Crippen LogP contribution in [0.5, 0.6) is 5.75 Å². The molecule has 0 aliphatic heterocycles. The van der Waals surface area contributed by atoms with Gasteiger partial charge in [-0.25, -0.2) is 0 Å². The van der Waals surface area contributed by atoms with E-state index in [1.54, 1.807) is 12.4 Å². The lowest BCUT2D eigenvalue weighted by Gasteiger charge is -1.94. The van der Waals surface area contributed by atoms with Gasteiger partial charge in [-0.15, -0.1) is 0 Å². The van der Waals surface area contributed by atoms with Gasteiger partial charge >= 0.3 is 0 Å².